The Morgan fingerprint density at radius 1 is 1.42 bits per heavy atom. The summed E-state index contributed by atoms with van der Waals surface area (Å²) in [5, 5.41) is 2.64. The number of aromatic nitrogens is 1. The molecule has 2 saturated heterocycles. The third-order valence-corrected chi connectivity index (χ3v) is 5.05. The predicted molar refractivity (Wildman–Crippen MR) is 66.9 cm³/mol. The highest BCUT2D eigenvalue weighted by Crippen LogP contribution is 2.38. The lowest BCUT2D eigenvalue weighted by molar-refractivity contribution is -0.137. The summed E-state index contributed by atoms with van der Waals surface area (Å²) >= 11 is 0.764. The molecule has 7 heteroatoms. The maximum atomic E-state index is 12.5. The first-order valence-corrected chi connectivity index (χ1v) is 7.24. The first kappa shape index (κ1) is 13.3. The molecule has 3 rings (SSSR count). The van der Waals surface area contributed by atoms with Crippen LogP contribution >= 0.6 is 11.3 Å². The lowest BCUT2D eigenvalue weighted by atomic mass is 9.87. The maximum Gasteiger partial charge on any atom is 0.443 e. The second-order valence-corrected chi connectivity index (χ2v) is 6.63. The van der Waals surface area contributed by atoms with Crippen LogP contribution in [0.5, 0.6) is 0 Å². The molecule has 1 aromatic heterocycles. The van der Waals surface area contributed by atoms with Gasteiger partial charge in [-0.1, -0.05) is 0 Å². The Balaban J connectivity index is 1.62. The van der Waals surface area contributed by atoms with Crippen LogP contribution in [-0.4, -0.2) is 36.1 Å². The normalized spacial score (nSPS) is 28.6. The fraction of sp³-hybridized carbons (Fsp3) is 0.750. The third-order valence-electron chi connectivity index (χ3n) is 4.02. The van der Waals surface area contributed by atoms with Gasteiger partial charge in [0, 0.05) is 30.7 Å². The fourth-order valence-corrected chi connectivity index (χ4v) is 3.86. The molecule has 3 nitrogen and oxygen atoms in total. The molecule has 0 saturated carbocycles. The van der Waals surface area contributed by atoms with Crippen molar-refractivity contribution in [3.63, 3.8) is 0 Å². The molecular formula is C12H16F3N3S. The molecule has 1 atom stereocenters. The van der Waals surface area contributed by atoms with E-state index in [1.165, 1.54) is 12.6 Å². The Bertz CT molecular complexity index is 451. The number of rotatable bonds is 2. The number of nitrogens with zero attached hydrogens (tertiary/aromatic N) is 2. The smallest absolute Gasteiger partial charge is 0.316 e. The summed E-state index contributed by atoms with van der Waals surface area (Å²) in [6, 6.07) is 0. The van der Waals surface area contributed by atoms with Gasteiger partial charge in [-0.25, -0.2) is 4.98 Å². The van der Waals surface area contributed by atoms with Crippen LogP contribution in [0.3, 0.4) is 0 Å². The zero-order chi connectivity index (χ0) is 13.5. The monoisotopic (exact) mass is 291 g/mol. The number of thiazole rings is 1. The molecule has 2 aliphatic rings. The molecule has 1 aromatic rings. The molecule has 3 heterocycles. The molecule has 2 aliphatic heterocycles. The van der Waals surface area contributed by atoms with Gasteiger partial charge >= 0.3 is 6.18 Å². The van der Waals surface area contributed by atoms with Gasteiger partial charge in [0.05, 0.1) is 0 Å². The molecule has 19 heavy (non-hydrogen) atoms. The summed E-state index contributed by atoms with van der Waals surface area (Å²) in [6.07, 6.45) is -0.624. The molecule has 1 unspecified atom stereocenters. The molecule has 0 bridgehead atoms. The van der Waals surface area contributed by atoms with Gasteiger partial charge in [-0.2, -0.15) is 13.2 Å². The third kappa shape index (κ3) is 2.78. The number of halogens is 3. The van der Waals surface area contributed by atoms with Gasteiger partial charge in [-0.15, -0.1) is 11.3 Å². The molecule has 106 valence electrons. The van der Waals surface area contributed by atoms with Gasteiger partial charge < -0.3 is 5.32 Å². The first-order chi connectivity index (χ1) is 8.97. The van der Waals surface area contributed by atoms with E-state index in [0.29, 0.717) is 16.8 Å². The van der Waals surface area contributed by atoms with Crippen LogP contribution in [0.2, 0.25) is 0 Å². The van der Waals surface area contributed by atoms with Crippen LogP contribution < -0.4 is 5.32 Å². The molecule has 0 amide bonds. The van der Waals surface area contributed by atoms with E-state index in [0.717, 1.165) is 43.9 Å². The fourth-order valence-electron chi connectivity index (χ4n) is 3.04. The van der Waals surface area contributed by atoms with E-state index in [1.807, 2.05) is 0 Å². The van der Waals surface area contributed by atoms with E-state index in [-0.39, 0.29) is 0 Å². The van der Waals surface area contributed by atoms with E-state index in [4.69, 9.17) is 0 Å². The van der Waals surface area contributed by atoms with Crippen molar-refractivity contribution in [2.75, 3.05) is 26.2 Å². The van der Waals surface area contributed by atoms with Crippen LogP contribution in [-0.2, 0) is 12.7 Å². The van der Waals surface area contributed by atoms with E-state index < -0.39 is 11.2 Å². The van der Waals surface area contributed by atoms with Crippen molar-refractivity contribution in [1.82, 2.24) is 15.2 Å². The topological polar surface area (TPSA) is 28.2 Å². The van der Waals surface area contributed by atoms with E-state index in [2.05, 4.69) is 15.2 Å². The first-order valence-electron chi connectivity index (χ1n) is 6.42. The zero-order valence-electron chi connectivity index (χ0n) is 10.5. The van der Waals surface area contributed by atoms with Crippen molar-refractivity contribution in [2.24, 2.45) is 5.41 Å². The largest absolute Gasteiger partial charge is 0.443 e. The Kier molecular flexibility index (Phi) is 3.31. The standard InChI is InChI=1S/C12H16F3N3S/c13-12(14,15)10-17-5-9(19-10)6-18-4-2-11(8-18)1-3-16-7-11/h5,16H,1-4,6-8H2. The Morgan fingerprint density at radius 3 is 2.89 bits per heavy atom. The summed E-state index contributed by atoms with van der Waals surface area (Å²) in [6.45, 7) is 4.66. The molecule has 1 spiro atoms. The zero-order valence-corrected chi connectivity index (χ0v) is 11.3. The average Bonchev–Trinajstić information content (AvgIpc) is 3.01. The molecule has 0 aromatic carbocycles. The summed E-state index contributed by atoms with van der Waals surface area (Å²) in [5.41, 5.74) is 0.359. The Labute approximate surface area is 113 Å². The highest BCUT2D eigenvalue weighted by molar-refractivity contribution is 7.11. The van der Waals surface area contributed by atoms with Crippen molar-refractivity contribution in [3.05, 3.63) is 16.1 Å². The van der Waals surface area contributed by atoms with E-state index >= 15 is 0 Å². The van der Waals surface area contributed by atoms with Gasteiger partial charge in [0.2, 0.25) is 0 Å². The molecular weight excluding hydrogens is 275 g/mol. The minimum absolute atomic E-state index is 0.359. The highest BCUT2D eigenvalue weighted by atomic mass is 32.1. The van der Waals surface area contributed by atoms with Crippen LogP contribution in [0.4, 0.5) is 13.2 Å². The van der Waals surface area contributed by atoms with Crippen molar-refractivity contribution < 1.29 is 13.2 Å². The van der Waals surface area contributed by atoms with Gasteiger partial charge in [-0.05, 0) is 31.3 Å². The maximum absolute atomic E-state index is 12.5. The molecule has 2 fully saturated rings. The molecule has 1 N–H and O–H groups in total. The van der Waals surface area contributed by atoms with Gasteiger partial charge in [0.1, 0.15) is 0 Å². The van der Waals surface area contributed by atoms with Crippen molar-refractivity contribution in [1.29, 1.82) is 0 Å². The van der Waals surface area contributed by atoms with E-state index in [9.17, 15) is 13.2 Å². The molecule has 0 radical (unpaired) electrons. The second kappa shape index (κ2) is 4.71. The lowest BCUT2D eigenvalue weighted by Gasteiger charge is -2.22. The van der Waals surface area contributed by atoms with Gasteiger partial charge in [0.15, 0.2) is 5.01 Å². The number of hydrogen-bond donors (Lipinski definition) is 1. The van der Waals surface area contributed by atoms with Crippen LogP contribution in [0.15, 0.2) is 6.20 Å². The predicted octanol–water partition coefficient (Wildman–Crippen LogP) is 2.35. The number of hydrogen-bond acceptors (Lipinski definition) is 4. The van der Waals surface area contributed by atoms with E-state index in [1.54, 1.807) is 0 Å². The van der Waals surface area contributed by atoms with Crippen LogP contribution in [0, 0.1) is 5.41 Å². The lowest BCUT2D eigenvalue weighted by Crippen LogP contribution is -2.28. The van der Waals surface area contributed by atoms with Crippen molar-refractivity contribution in [3.8, 4) is 0 Å². The average molecular weight is 291 g/mol. The van der Waals surface area contributed by atoms with Crippen LogP contribution in [0.1, 0.15) is 22.7 Å². The summed E-state index contributed by atoms with van der Waals surface area (Å²) in [7, 11) is 0. The second-order valence-electron chi connectivity index (χ2n) is 5.52. The Morgan fingerprint density at radius 2 is 2.26 bits per heavy atom. The minimum atomic E-state index is -4.31. The quantitative estimate of drug-likeness (QED) is 0.906. The highest BCUT2D eigenvalue weighted by Gasteiger charge is 2.40. The molecule has 0 aliphatic carbocycles. The van der Waals surface area contributed by atoms with Crippen LogP contribution in [0.25, 0.3) is 0 Å². The number of nitrogens with one attached hydrogen (secondary N) is 1. The number of alkyl halides is 3. The minimum Gasteiger partial charge on any atom is -0.316 e. The number of likely N-dealkylation sites (tertiary alicyclic amines) is 1. The van der Waals surface area contributed by atoms with Gasteiger partial charge in [-0.3, -0.25) is 4.90 Å². The summed E-state index contributed by atoms with van der Waals surface area (Å²) in [4.78, 5) is 6.43. The van der Waals surface area contributed by atoms with Crippen molar-refractivity contribution in [2.45, 2.75) is 25.6 Å². The SMILES string of the molecule is FC(F)(F)c1ncc(CN2CCC3(CCNC3)C2)s1. The summed E-state index contributed by atoms with van der Waals surface area (Å²) in [5.74, 6) is 0. The van der Waals surface area contributed by atoms with Crippen molar-refractivity contribution >= 4 is 11.3 Å². The summed E-state index contributed by atoms with van der Waals surface area (Å²) < 4.78 is 37.4. The van der Waals surface area contributed by atoms with Gasteiger partial charge in [0.25, 0.3) is 0 Å². The Hall–Kier alpha value is -0.660.